The lowest BCUT2D eigenvalue weighted by molar-refractivity contribution is -0.0563. The molecule has 0 spiro atoms. The SMILES string of the molecule is CC(C)c1cccc(-c2c(Cl)cccc2C(O)(CCCNC(=O)O)C2CCCN(C(=O)c3ccc(CN)cc3)C2)c1. The largest absolute Gasteiger partial charge is 0.465 e. The number of carbonyl (C=O) groups excluding carboxylic acids is 1. The third-order valence-corrected chi connectivity index (χ3v) is 8.47. The third kappa shape index (κ3) is 7.10. The predicted octanol–water partition coefficient (Wildman–Crippen LogP) is 6.38. The normalized spacial score (nSPS) is 16.8. The van der Waals surface area contributed by atoms with Gasteiger partial charge in [-0.2, -0.15) is 0 Å². The number of likely N-dealkylation sites (tertiary alicyclic amines) is 1. The van der Waals surface area contributed by atoms with E-state index in [0.717, 1.165) is 35.1 Å². The van der Waals surface area contributed by atoms with E-state index in [2.05, 4.69) is 31.3 Å². The molecule has 1 heterocycles. The molecule has 0 aliphatic carbocycles. The molecule has 41 heavy (non-hydrogen) atoms. The monoisotopic (exact) mass is 577 g/mol. The Balaban J connectivity index is 1.72. The molecule has 2 amide bonds. The summed E-state index contributed by atoms with van der Waals surface area (Å²) in [4.78, 5) is 26.4. The highest BCUT2D eigenvalue weighted by molar-refractivity contribution is 6.33. The van der Waals surface area contributed by atoms with E-state index < -0.39 is 11.7 Å². The van der Waals surface area contributed by atoms with Crippen molar-refractivity contribution in [1.29, 1.82) is 0 Å². The van der Waals surface area contributed by atoms with Crippen molar-refractivity contribution in [1.82, 2.24) is 10.2 Å². The zero-order valence-corrected chi connectivity index (χ0v) is 24.5. The first-order valence-corrected chi connectivity index (χ1v) is 14.7. The minimum absolute atomic E-state index is 0.0795. The van der Waals surface area contributed by atoms with Crippen LogP contribution in [0, 0.1) is 5.92 Å². The van der Waals surface area contributed by atoms with Gasteiger partial charge >= 0.3 is 6.09 Å². The van der Waals surface area contributed by atoms with E-state index >= 15 is 0 Å². The molecular formula is C33H40ClN3O4. The molecule has 4 rings (SSSR count). The smallest absolute Gasteiger partial charge is 0.404 e. The first-order chi connectivity index (χ1) is 19.6. The molecule has 0 saturated carbocycles. The zero-order valence-electron chi connectivity index (χ0n) is 23.8. The molecule has 8 heteroatoms. The van der Waals surface area contributed by atoms with Crippen LogP contribution in [-0.4, -0.2) is 46.7 Å². The number of piperidine rings is 1. The van der Waals surface area contributed by atoms with Crippen molar-refractivity contribution in [2.75, 3.05) is 19.6 Å². The number of nitrogens with zero attached hydrogens (tertiary/aromatic N) is 1. The fourth-order valence-corrected chi connectivity index (χ4v) is 6.14. The lowest BCUT2D eigenvalue weighted by atomic mass is 9.72. The number of nitrogens with two attached hydrogens (primary N) is 1. The summed E-state index contributed by atoms with van der Waals surface area (Å²) in [5.74, 6) is -0.0401. The van der Waals surface area contributed by atoms with Gasteiger partial charge in [0.15, 0.2) is 0 Å². The number of rotatable bonds is 10. The summed E-state index contributed by atoms with van der Waals surface area (Å²) >= 11 is 6.85. The third-order valence-electron chi connectivity index (χ3n) is 8.15. The van der Waals surface area contributed by atoms with Crippen molar-refractivity contribution in [2.24, 2.45) is 11.7 Å². The van der Waals surface area contributed by atoms with E-state index in [4.69, 9.17) is 22.4 Å². The van der Waals surface area contributed by atoms with Gasteiger partial charge in [0.2, 0.25) is 0 Å². The minimum atomic E-state index is -1.35. The number of carbonyl (C=O) groups is 2. The number of amides is 2. The van der Waals surface area contributed by atoms with Crippen molar-refractivity contribution in [2.45, 2.75) is 57.6 Å². The van der Waals surface area contributed by atoms with Crippen molar-refractivity contribution >= 4 is 23.6 Å². The first kappa shape index (κ1) is 30.6. The average Bonchev–Trinajstić information content (AvgIpc) is 2.98. The van der Waals surface area contributed by atoms with Gasteiger partial charge in [0, 0.05) is 48.2 Å². The maximum atomic E-state index is 13.5. The standard InChI is InChI=1S/C33H40ClN3O4/c1-22(2)25-7-3-8-26(19-25)30-28(10-4-11-29(30)34)33(41,16-6-17-36-32(39)40)27-9-5-18-37(21-27)31(38)24-14-12-23(20-35)13-15-24/h3-4,7-8,10-15,19,22,27,36,41H,5-6,9,16-18,20-21,35H2,1-2H3,(H,39,40). The van der Waals surface area contributed by atoms with Gasteiger partial charge in [-0.3, -0.25) is 4.79 Å². The quantitative estimate of drug-likeness (QED) is 0.209. The van der Waals surface area contributed by atoms with Crippen LogP contribution in [0.4, 0.5) is 4.79 Å². The molecule has 2 unspecified atom stereocenters. The lowest BCUT2D eigenvalue weighted by Crippen LogP contribution is -2.48. The van der Waals surface area contributed by atoms with E-state index in [1.54, 1.807) is 12.1 Å². The van der Waals surface area contributed by atoms with Crippen LogP contribution >= 0.6 is 11.6 Å². The number of nitrogens with one attached hydrogen (secondary N) is 1. The van der Waals surface area contributed by atoms with E-state index in [0.29, 0.717) is 54.5 Å². The van der Waals surface area contributed by atoms with E-state index in [-0.39, 0.29) is 18.4 Å². The van der Waals surface area contributed by atoms with Crippen LogP contribution in [0.5, 0.6) is 0 Å². The lowest BCUT2D eigenvalue weighted by Gasteiger charge is -2.44. The number of hydrogen-bond donors (Lipinski definition) is 4. The average molecular weight is 578 g/mol. The molecule has 1 aliphatic heterocycles. The Morgan fingerprint density at radius 1 is 1.12 bits per heavy atom. The summed E-state index contributed by atoms with van der Waals surface area (Å²) in [6.07, 6.45) is 1.09. The molecule has 7 nitrogen and oxygen atoms in total. The topological polar surface area (TPSA) is 116 Å². The van der Waals surface area contributed by atoms with Gasteiger partial charge in [0.05, 0.1) is 5.60 Å². The molecule has 1 aliphatic rings. The van der Waals surface area contributed by atoms with Crippen molar-refractivity contribution in [3.63, 3.8) is 0 Å². The van der Waals surface area contributed by atoms with Crippen LogP contribution in [0.15, 0.2) is 66.7 Å². The Hall–Kier alpha value is -3.39. The second-order valence-electron chi connectivity index (χ2n) is 11.2. The Kier molecular flexibility index (Phi) is 10.1. The Labute approximate surface area is 247 Å². The molecule has 3 aromatic rings. The number of aliphatic hydroxyl groups is 1. The Bertz CT molecular complexity index is 1360. The molecule has 0 aromatic heterocycles. The van der Waals surface area contributed by atoms with Gasteiger partial charge in [0.25, 0.3) is 5.91 Å². The number of hydrogen-bond acceptors (Lipinski definition) is 4. The molecule has 218 valence electrons. The van der Waals surface area contributed by atoms with Crippen molar-refractivity contribution in [3.8, 4) is 11.1 Å². The van der Waals surface area contributed by atoms with Crippen LogP contribution in [-0.2, 0) is 12.1 Å². The van der Waals surface area contributed by atoms with E-state index in [9.17, 15) is 14.7 Å². The molecular weight excluding hydrogens is 538 g/mol. The van der Waals surface area contributed by atoms with E-state index in [1.807, 2.05) is 47.4 Å². The maximum absolute atomic E-state index is 13.5. The molecule has 3 aromatic carbocycles. The fraction of sp³-hybridized carbons (Fsp3) is 0.394. The highest BCUT2D eigenvalue weighted by atomic mass is 35.5. The Morgan fingerprint density at radius 3 is 2.54 bits per heavy atom. The van der Waals surface area contributed by atoms with Crippen LogP contribution in [0.1, 0.15) is 72.5 Å². The second kappa shape index (κ2) is 13.5. The van der Waals surface area contributed by atoms with Gasteiger partial charge in [-0.15, -0.1) is 0 Å². The van der Waals surface area contributed by atoms with Crippen LogP contribution in [0.3, 0.4) is 0 Å². The molecule has 1 saturated heterocycles. The van der Waals surface area contributed by atoms with Gasteiger partial charge < -0.3 is 26.2 Å². The summed E-state index contributed by atoms with van der Waals surface area (Å²) in [7, 11) is 0. The predicted molar refractivity (Wildman–Crippen MR) is 163 cm³/mol. The first-order valence-electron chi connectivity index (χ1n) is 14.3. The second-order valence-corrected chi connectivity index (χ2v) is 11.6. The summed E-state index contributed by atoms with van der Waals surface area (Å²) in [6, 6.07) is 21.1. The summed E-state index contributed by atoms with van der Waals surface area (Å²) < 4.78 is 0. The molecule has 5 N–H and O–H groups in total. The minimum Gasteiger partial charge on any atom is -0.465 e. The summed E-state index contributed by atoms with van der Waals surface area (Å²) in [5, 5.41) is 24.7. The van der Waals surface area contributed by atoms with Gasteiger partial charge in [-0.1, -0.05) is 74.0 Å². The number of benzene rings is 3. The number of halogens is 1. The highest BCUT2D eigenvalue weighted by Gasteiger charge is 2.43. The van der Waals surface area contributed by atoms with E-state index in [1.165, 1.54) is 0 Å². The fourth-order valence-electron chi connectivity index (χ4n) is 5.86. The van der Waals surface area contributed by atoms with Gasteiger partial charge in [0.1, 0.15) is 0 Å². The van der Waals surface area contributed by atoms with Crippen LogP contribution in [0.2, 0.25) is 5.02 Å². The zero-order chi connectivity index (χ0) is 29.6. The van der Waals surface area contributed by atoms with Crippen LogP contribution < -0.4 is 11.1 Å². The van der Waals surface area contributed by atoms with Gasteiger partial charge in [-0.25, -0.2) is 4.79 Å². The molecule has 2 atom stereocenters. The maximum Gasteiger partial charge on any atom is 0.404 e. The van der Waals surface area contributed by atoms with Crippen molar-refractivity contribution < 1.29 is 19.8 Å². The number of carboxylic acid groups (broad SMARTS) is 1. The molecule has 1 fully saturated rings. The Morgan fingerprint density at radius 2 is 1.85 bits per heavy atom. The van der Waals surface area contributed by atoms with Gasteiger partial charge in [-0.05, 0) is 72.1 Å². The molecule has 0 bridgehead atoms. The summed E-state index contributed by atoms with van der Waals surface area (Å²) in [5.41, 5.74) is 9.47. The van der Waals surface area contributed by atoms with Crippen LogP contribution in [0.25, 0.3) is 11.1 Å². The molecule has 0 radical (unpaired) electrons. The summed E-state index contributed by atoms with van der Waals surface area (Å²) in [6.45, 7) is 5.86. The van der Waals surface area contributed by atoms with Crippen molar-refractivity contribution in [3.05, 3.63) is 94.0 Å². The highest BCUT2D eigenvalue weighted by Crippen LogP contribution is 2.46.